The maximum atomic E-state index is 6.01. The lowest BCUT2D eigenvalue weighted by molar-refractivity contribution is 0.345. The zero-order valence-electron chi connectivity index (χ0n) is 15.1. The van der Waals surface area contributed by atoms with Gasteiger partial charge in [0.2, 0.25) is 0 Å². The van der Waals surface area contributed by atoms with E-state index in [9.17, 15) is 0 Å². The van der Waals surface area contributed by atoms with Gasteiger partial charge in [-0.1, -0.05) is 0 Å². The third kappa shape index (κ3) is 2.88. The fourth-order valence-electron chi connectivity index (χ4n) is 3.50. The third-order valence-corrected chi connectivity index (χ3v) is 5.78. The third-order valence-electron chi connectivity index (χ3n) is 4.98. The molecule has 0 radical (unpaired) electrons. The summed E-state index contributed by atoms with van der Waals surface area (Å²) in [6, 6.07) is 4.39. The lowest BCUT2D eigenvalue weighted by Crippen LogP contribution is -2.35. The van der Waals surface area contributed by atoms with Crippen molar-refractivity contribution in [2.24, 2.45) is 12.8 Å². The van der Waals surface area contributed by atoms with Crippen LogP contribution in [0, 0.1) is 6.92 Å². The van der Waals surface area contributed by atoms with Crippen LogP contribution in [0.5, 0.6) is 0 Å². The van der Waals surface area contributed by atoms with Crippen molar-refractivity contribution < 1.29 is 0 Å². The quantitative estimate of drug-likeness (QED) is 0.565. The Labute approximate surface area is 160 Å². The lowest BCUT2D eigenvalue weighted by atomic mass is 9.78. The van der Waals surface area contributed by atoms with Crippen molar-refractivity contribution in [3.63, 3.8) is 0 Å². The molecule has 1 saturated carbocycles. The smallest absolute Gasteiger partial charge is 0.165 e. The zero-order chi connectivity index (χ0) is 18.5. The fourth-order valence-corrected chi connectivity index (χ4v) is 4.16. The Kier molecular flexibility index (Phi) is 3.73. The van der Waals surface area contributed by atoms with Gasteiger partial charge < -0.3 is 11.1 Å². The number of aryl methyl sites for hydroxylation is 2. The predicted octanol–water partition coefficient (Wildman–Crippen LogP) is 2.84. The molecule has 0 amide bonds. The van der Waals surface area contributed by atoms with Crippen LogP contribution in [0.1, 0.15) is 30.1 Å². The van der Waals surface area contributed by atoms with E-state index >= 15 is 0 Å². The molecule has 0 aromatic carbocycles. The second-order valence-electron chi connectivity index (χ2n) is 7.15. The van der Waals surface area contributed by atoms with Gasteiger partial charge in [-0.3, -0.25) is 4.68 Å². The average molecular weight is 380 g/mol. The van der Waals surface area contributed by atoms with Gasteiger partial charge in [-0.15, -0.1) is 0 Å². The molecule has 0 spiro atoms. The highest BCUT2D eigenvalue weighted by molar-refractivity contribution is 7.10. The number of aromatic nitrogens is 6. The molecular formula is C18H20N8S. The van der Waals surface area contributed by atoms with Crippen molar-refractivity contribution >= 4 is 28.0 Å². The number of nitrogens with zero attached hydrogens (tertiary/aromatic N) is 6. The van der Waals surface area contributed by atoms with E-state index in [1.165, 1.54) is 11.5 Å². The Morgan fingerprint density at radius 3 is 2.74 bits per heavy atom. The molecule has 138 valence electrons. The van der Waals surface area contributed by atoms with Crippen molar-refractivity contribution in [3.8, 4) is 11.1 Å². The minimum absolute atomic E-state index is 0.274. The minimum Gasteiger partial charge on any atom is -0.331 e. The summed E-state index contributed by atoms with van der Waals surface area (Å²) in [4.78, 5) is 4.94. The summed E-state index contributed by atoms with van der Waals surface area (Å²) < 4.78 is 7.98. The molecule has 5 rings (SSSR count). The van der Waals surface area contributed by atoms with Gasteiger partial charge in [0.05, 0.1) is 18.1 Å². The van der Waals surface area contributed by atoms with E-state index < -0.39 is 0 Å². The largest absolute Gasteiger partial charge is 0.331 e. The molecule has 0 aliphatic heterocycles. The molecule has 0 atom stereocenters. The highest BCUT2D eigenvalue weighted by Gasteiger charge is 2.30. The van der Waals surface area contributed by atoms with E-state index in [-0.39, 0.29) is 6.04 Å². The second kappa shape index (κ2) is 6.14. The van der Waals surface area contributed by atoms with Gasteiger partial charge in [-0.2, -0.15) is 19.1 Å². The Balaban J connectivity index is 1.64. The molecule has 27 heavy (non-hydrogen) atoms. The molecule has 0 unspecified atom stereocenters. The van der Waals surface area contributed by atoms with E-state index in [1.807, 2.05) is 43.1 Å². The van der Waals surface area contributed by atoms with E-state index in [4.69, 9.17) is 10.7 Å². The molecule has 3 N–H and O–H groups in total. The number of hydrogen-bond donors (Lipinski definition) is 2. The molecule has 4 aromatic heterocycles. The van der Waals surface area contributed by atoms with Crippen molar-refractivity contribution in [1.82, 2.24) is 28.8 Å². The van der Waals surface area contributed by atoms with Crippen LogP contribution in [0.2, 0.25) is 0 Å². The molecular weight excluding hydrogens is 360 g/mol. The van der Waals surface area contributed by atoms with Crippen LogP contribution < -0.4 is 11.1 Å². The van der Waals surface area contributed by atoms with E-state index in [1.54, 1.807) is 4.68 Å². The summed E-state index contributed by atoms with van der Waals surface area (Å²) in [5, 5.41) is 13.3. The zero-order valence-corrected chi connectivity index (χ0v) is 15.9. The Morgan fingerprint density at radius 2 is 2.07 bits per heavy atom. The number of anilines is 2. The molecule has 4 heterocycles. The summed E-state index contributed by atoms with van der Waals surface area (Å²) in [5.74, 6) is 1.28. The van der Waals surface area contributed by atoms with Gasteiger partial charge in [-0.05, 0) is 37.4 Å². The fraction of sp³-hybridized carbons (Fsp3) is 0.333. The van der Waals surface area contributed by atoms with Crippen LogP contribution in [0.3, 0.4) is 0 Å². The van der Waals surface area contributed by atoms with Gasteiger partial charge >= 0.3 is 0 Å². The SMILES string of the molecule is Cc1cc(Nc2cc(C3CC(N)C3)nc3c(-c4cnn(C)c4)cnn23)sn1. The number of nitrogens with one attached hydrogen (secondary N) is 1. The standard InChI is InChI=1S/C18H20N8S/c1-10-3-17(27-24-10)23-16-6-15(11-4-13(19)5-11)22-18-14(8-21-26(16)18)12-7-20-25(2)9-12/h3,6-9,11,13,23H,4-5,19H2,1-2H3. The maximum absolute atomic E-state index is 6.01. The molecule has 0 saturated heterocycles. The molecule has 1 aliphatic carbocycles. The van der Waals surface area contributed by atoms with Crippen molar-refractivity contribution in [1.29, 1.82) is 0 Å². The summed E-state index contributed by atoms with van der Waals surface area (Å²) in [6.45, 7) is 1.99. The first-order valence-corrected chi connectivity index (χ1v) is 9.68. The van der Waals surface area contributed by atoms with E-state index in [0.29, 0.717) is 5.92 Å². The van der Waals surface area contributed by atoms with Crippen LogP contribution in [-0.2, 0) is 7.05 Å². The van der Waals surface area contributed by atoms with Crippen LogP contribution in [0.25, 0.3) is 16.8 Å². The summed E-state index contributed by atoms with van der Waals surface area (Å²) >= 11 is 1.44. The van der Waals surface area contributed by atoms with Crippen LogP contribution in [-0.4, -0.2) is 34.8 Å². The number of rotatable bonds is 4. The molecule has 0 bridgehead atoms. The Bertz CT molecular complexity index is 1120. The maximum Gasteiger partial charge on any atom is 0.165 e. The van der Waals surface area contributed by atoms with Gasteiger partial charge in [-0.25, -0.2) is 4.98 Å². The summed E-state index contributed by atoms with van der Waals surface area (Å²) in [7, 11) is 1.91. The first kappa shape index (κ1) is 16.4. The van der Waals surface area contributed by atoms with Gasteiger partial charge in [0.15, 0.2) is 5.65 Å². The Hall–Kier alpha value is -2.78. The van der Waals surface area contributed by atoms with E-state index in [0.717, 1.165) is 51.8 Å². The van der Waals surface area contributed by atoms with E-state index in [2.05, 4.69) is 26.0 Å². The first-order valence-electron chi connectivity index (χ1n) is 8.90. The van der Waals surface area contributed by atoms with Crippen molar-refractivity contribution in [2.75, 3.05) is 5.32 Å². The number of nitrogens with two attached hydrogens (primary N) is 1. The topological polar surface area (TPSA) is 98.9 Å². The average Bonchev–Trinajstić information content (AvgIpc) is 3.32. The molecule has 1 fully saturated rings. The monoisotopic (exact) mass is 380 g/mol. The van der Waals surface area contributed by atoms with Gasteiger partial charge in [0, 0.05) is 48.1 Å². The summed E-state index contributed by atoms with van der Waals surface area (Å²) in [5.41, 5.74) is 10.9. The number of hydrogen-bond acceptors (Lipinski definition) is 7. The minimum atomic E-state index is 0.274. The first-order chi connectivity index (χ1) is 13.1. The highest BCUT2D eigenvalue weighted by atomic mass is 32.1. The second-order valence-corrected chi connectivity index (χ2v) is 7.95. The summed E-state index contributed by atoms with van der Waals surface area (Å²) in [6.07, 6.45) is 7.60. The lowest BCUT2D eigenvalue weighted by Gasteiger charge is -2.32. The van der Waals surface area contributed by atoms with Crippen LogP contribution >= 0.6 is 11.5 Å². The van der Waals surface area contributed by atoms with Gasteiger partial charge in [0.25, 0.3) is 0 Å². The van der Waals surface area contributed by atoms with Crippen LogP contribution in [0.15, 0.2) is 30.7 Å². The molecule has 1 aliphatic rings. The van der Waals surface area contributed by atoms with Crippen molar-refractivity contribution in [2.45, 2.75) is 31.7 Å². The van der Waals surface area contributed by atoms with Crippen LogP contribution in [0.4, 0.5) is 10.8 Å². The number of fused-ring (bicyclic) bond motifs is 1. The van der Waals surface area contributed by atoms with Gasteiger partial charge in [0.1, 0.15) is 10.8 Å². The Morgan fingerprint density at radius 1 is 1.22 bits per heavy atom. The molecule has 4 aromatic rings. The van der Waals surface area contributed by atoms with Crippen molar-refractivity contribution in [3.05, 3.63) is 42.1 Å². The molecule has 9 heteroatoms. The molecule has 8 nitrogen and oxygen atoms in total. The highest BCUT2D eigenvalue weighted by Crippen LogP contribution is 2.37. The normalized spacial score (nSPS) is 19.4. The predicted molar refractivity (Wildman–Crippen MR) is 105 cm³/mol.